The Bertz CT molecular complexity index is 425. The maximum atomic E-state index is 9.93. The Morgan fingerprint density at radius 1 is 1.28 bits per heavy atom. The van der Waals surface area contributed by atoms with Gasteiger partial charge in [-0.1, -0.05) is 24.4 Å². The molecule has 4 nitrogen and oxygen atoms in total. The predicted octanol–water partition coefficient (Wildman–Crippen LogP) is 2.71. The molecule has 1 aromatic heterocycles. The Balaban J connectivity index is 2.01. The quantitative estimate of drug-likeness (QED) is 0.829. The summed E-state index contributed by atoms with van der Waals surface area (Å²) in [4.78, 5) is 8.46. The molecule has 0 spiro atoms. The largest absolute Gasteiger partial charge is 0.393 e. The number of aryl methyl sites for hydroxylation is 1. The van der Waals surface area contributed by atoms with Gasteiger partial charge < -0.3 is 10.4 Å². The number of hydrogen-bond acceptors (Lipinski definition) is 4. The highest BCUT2D eigenvalue weighted by atomic mass is 35.5. The summed E-state index contributed by atoms with van der Waals surface area (Å²) in [5, 5.41) is 13.7. The van der Waals surface area contributed by atoms with E-state index in [0.29, 0.717) is 16.9 Å². The number of nitrogens with zero attached hydrogens (tertiary/aromatic N) is 2. The number of rotatable bonds is 3. The molecular weight excluding hydrogens is 250 g/mol. The van der Waals surface area contributed by atoms with Crippen LogP contribution in [0.1, 0.15) is 37.1 Å². The van der Waals surface area contributed by atoms with Crippen LogP contribution in [0.4, 0.5) is 5.82 Å². The van der Waals surface area contributed by atoms with Gasteiger partial charge >= 0.3 is 0 Å². The number of aromatic nitrogens is 2. The first-order valence-electron chi connectivity index (χ1n) is 6.50. The summed E-state index contributed by atoms with van der Waals surface area (Å²) in [7, 11) is 0. The molecule has 2 rings (SSSR count). The average molecular weight is 270 g/mol. The molecule has 1 aromatic rings. The minimum absolute atomic E-state index is 0.190. The normalized spacial score (nSPS) is 24.0. The van der Waals surface area contributed by atoms with E-state index in [1.54, 1.807) is 0 Å². The number of hydrogen-bond donors (Lipinski definition) is 2. The first kappa shape index (κ1) is 13.6. The average Bonchev–Trinajstić information content (AvgIpc) is 2.33. The zero-order chi connectivity index (χ0) is 13.1. The fourth-order valence-corrected chi connectivity index (χ4v) is 2.63. The highest BCUT2D eigenvalue weighted by Crippen LogP contribution is 2.26. The van der Waals surface area contributed by atoms with Crippen molar-refractivity contribution < 1.29 is 5.11 Å². The molecule has 18 heavy (non-hydrogen) atoms. The summed E-state index contributed by atoms with van der Waals surface area (Å²) < 4.78 is 0. The summed E-state index contributed by atoms with van der Waals surface area (Å²) in [5.41, 5.74) is 0.868. The van der Waals surface area contributed by atoms with Crippen molar-refractivity contribution in [2.75, 3.05) is 11.9 Å². The van der Waals surface area contributed by atoms with Gasteiger partial charge in [0.2, 0.25) is 0 Å². The van der Waals surface area contributed by atoms with Crippen LogP contribution in [-0.4, -0.2) is 27.7 Å². The van der Waals surface area contributed by atoms with Crippen LogP contribution in [0.15, 0.2) is 0 Å². The van der Waals surface area contributed by atoms with Crippen molar-refractivity contribution >= 4 is 17.4 Å². The highest BCUT2D eigenvalue weighted by molar-refractivity contribution is 6.30. The van der Waals surface area contributed by atoms with E-state index < -0.39 is 0 Å². The summed E-state index contributed by atoms with van der Waals surface area (Å²) in [6, 6.07) is 0. The van der Waals surface area contributed by atoms with E-state index in [1.807, 2.05) is 13.8 Å². The third kappa shape index (κ3) is 3.12. The molecule has 2 N–H and O–H groups in total. The topological polar surface area (TPSA) is 58.0 Å². The summed E-state index contributed by atoms with van der Waals surface area (Å²) in [6.45, 7) is 4.47. The summed E-state index contributed by atoms with van der Waals surface area (Å²) >= 11 is 6.03. The minimum Gasteiger partial charge on any atom is -0.393 e. The predicted molar refractivity (Wildman–Crippen MR) is 73.0 cm³/mol. The number of nitrogens with one attached hydrogen (secondary N) is 1. The van der Waals surface area contributed by atoms with Crippen LogP contribution in [0, 0.1) is 19.8 Å². The third-order valence-electron chi connectivity index (χ3n) is 3.60. The van der Waals surface area contributed by atoms with Gasteiger partial charge in [-0.2, -0.15) is 0 Å². The molecule has 0 saturated heterocycles. The van der Waals surface area contributed by atoms with Crippen LogP contribution in [0.25, 0.3) is 0 Å². The zero-order valence-corrected chi connectivity index (χ0v) is 11.7. The van der Waals surface area contributed by atoms with Crippen LogP contribution in [0.3, 0.4) is 0 Å². The maximum absolute atomic E-state index is 9.93. The monoisotopic (exact) mass is 269 g/mol. The molecule has 0 bridgehead atoms. The smallest absolute Gasteiger partial charge is 0.137 e. The SMILES string of the molecule is Cc1nc(Cl)c(C)c(NCC2CCCCC2O)n1. The van der Waals surface area contributed by atoms with E-state index in [2.05, 4.69) is 15.3 Å². The van der Waals surface area contributed by atoms with Crippen molar-refractivity contribution in [3.05, 3.63) is 16.5 Å². The van der Waals surface area contributed by atoms with Crippen molar-refractivity contribution in [1.29, 1.82) is 0 Å². The van der Waals surface area contributed by atoms with Crippen LogP contribution in [0.5, 0.6) is 0 Å². The van der Waals surface area contributed by atoms with E-state index in [0.717, 1.165) is 37.2 Å². The van der Waals surface area contributed by atoms with Crippen molar-refractivity contribution in [2.45, 2.75) is 45.6 Å². The molecule has 5 heteroatoms. The minimum atomic E-state index is -0.190. The molecule has 1 aliphatic carbocycles. The van der Waals surface area contributed by atoms with E-state index in [4.69, 9.17) is 11.6 Å². The number of aliphatic hydroxyl groups is 1. The molecule has 0 aliphatic heterocycles. The molecule has 1 fully saturated rings. The lowest BCUT2D eigenvalue weighted by molar-refractivity contribution is 0.0763. The molecule has 0 radical (unpaired) electrons. The second kappa shape index (κ2) is 5.85. The van der Waals surface area contributed by atoms with Gasteiger partial charge in [0.05, 0.1) is 6.10 Å². The van der Waals surface area contributed by atoms with Crippen LogP contribution >= 0.6 is 11.6 Å². The van der Waals surface area contributed by atoms with Crippen molar-refractivity contribution in [1.82, 2.24) is 9.97 Å². The molecule has 2 unspecified atom stereocenters. The zero-order valence-electron chi connectivity index (χ0n) is 10.9. The molecule has 1 heterocycles. The van der Waals surface area contributed by atoms with Gasteiger partial charge in [0.25, 0.3) is 0 Å². The fourth-order valence-electron chi connectivity index (χ4n) is 2.42. The van der Waals surface area contributed by atoms with Gasteiger partial charge in [0, 0.05) is 18.0 Å². The lowest BCUT2D eigenvalue weighted by Crippen LogP contribution is -2.30. The molecule has 1 saturated carbocycles. The van der Waals surface area contributed by atoms with Crippen molar-refractivity contribution in [3.8, 4) is 0 Å². The second-order valence-electron chi connectivity index (χ2n) is 5.03. The van der Waals surface area contributed by atoms with E-state index in [1.165, 1.54) is 6.42 Å². The number of halogens is 1. The lowest BCUT2D eigenvalue weighted by Gasteiger charge is -2.28. The Kier molecular flexibility index (Phi) is 4.40. The Morgan fingerprint density at radius 2 is 2.00 bits per heavy atom. The van der Waals surface area contributed by atoms with Gasteiger partial charge in [-0.15, -0.1) is 0 Å². The maximum Gasteiger partial charge on any atom is 0.137 e. The molecule has 100 valence electrons. The summed E-state index contributed by atoms with van der Waals surface area (Å²) in [6.07, 6.45) is 4.13. The lowest BCUT2D eigenvalue weighted by atomic mass is 9.86. The van der Waals surface area contributed by atoms with Crippen molar-refractivity contribution in [3.63, 3.8) is 0 Å². The Hall–Kier alpha value is -0.870. The number of aliphatic hydroxyl groups excluding tert-OH is 1. The van der Waals surface area contributed by atoms with Crippen molar-refractivity contribution in [2.24, 2.45) is 5.92 Å². The van der Waals surface area contributed by atoms with Gasteiger partial charge in [-0.05, 0) is 26.7 Å². The Labute approximate surface area is 113 Å². The second-order valence-corrected chi connectivity index (χ2v) is 5.39. The van der Waals surface area contributed by atoms with Gasteiger partial charge in [0.1, 0.15) is 16.8 Å². The van der Waals surface area contributed by atoms with E-state index in [9.17, 15) is 5.11 Å². The van der Waals surface area contributed by atoms with Gasteiger partial charge in [0.15, 0.2) is 0 Å². The van der Waals surface area contributed by atoms with Crippen LogP contribution in [0.2, 0.25) is 5.15 Å². The fraction of sp³-hybridized carbons (Fsp3) is 0.692. The first-order chi connectivity index (χ1) is 8.58. The van der Waals surface area contributed by atoms with Crippen LogP contribution < -0.4 is 5.32 Å². The standard InChI is InChI=1S/C13H20ClN3O/c1-8-12(14)16-9(2)17-13(8)15-7-10-5-3-4-6-11(10)18/h10-11,18H,3-7H2,1-2H3,(H,15,16,17). The number of anilines is 1. The third-order valence-corrected chi connectivity index (χ3v) is 3.97. The molecule has 0 aromatic carbocycles. The molecule has 2 atom stereocenters. The van der Waals surface area contributed by atoms with Gasteiger partial charge in [-0.3, -0.25) is 0 Å². The summed E-state index contributed by atoms with van der Waals surface area (Å²) in [5.74, 6) is 1.76. The molecule has 0 amide bonds. The van der Waals surface area contributed by atoms with E-state index in [-0.39, 0.29) is 6.10 Å². The van der Waals surface area contributed by atoms with E-state index >= 15 is 0 Å². The van der Waals surface area contributed by atoms with Gasteiger partial charge in [-0.25, -0.2) is 9.97 Å². The first-order valence-corrected chi connectivity index (χ1v) is 6.88. The molecular formula is C13H20ClN3O. The highest BCUT2D eigenvalue weighted by Gasteiger charge is 2.23. The molecule has 1 aliphatic rings. The Morgan fingerprint density at radius 3 is 2.72 bits per heavy atom. The van der Waals surface area contributed by atoms with Crippen LogP contribution in [-0.2, 0) is 0 Å².